The highest BCUT2D eigenvalue weighted by molar-refractivity contribution is 5.47. The van der Waals surface area contributed by atoms with Gasteiger partial charge in [0.25, 0.3) is 0 Å². The maximum absolute atomic E-state index is 4.68. The molecule has 114 valence electrons. The highest BCUT2D eigenvalue weighted by Crippen LogP contribution is 2.28. The van der Waals surface area contributed by atoms with Gasteiger partial charge in [-0.15, -0.1) is 0 Å². The van der Waals surface area contributed by atoms with E-state index in [0.717, 1.165) is 12.4 Å². The molecule has 20 heavy (non-hydrogen) atoms. The van der Waals surface area contributed by atoms with Gasteiger partial charge in [-0.05, 0) is 36.5 Å². The van der Waals surface area contributed by atoms with Gasteiger partial charge < -0.3 is 10.2 Å². The average molecular weight is 277 g/mol. The molecule has 1 unspecified atom stereocenters. The van der Waals surface area contributed by atoms with Crippen LogP contribution in [0.2, 0.25) is 0 Å². The minimum absolute atomic E-state index is 0.237. The lowest BCUT2D eigenvalue weighted by Gasteiger charge is -2.36. The van der Waals surface area contributed by atoms with Crippen molar-refractivity contribution >= 4 is 5.82 Å². The second-order valence-electron chi connectivity index (χ2n) is 7.17. The third-order valence-corrected chi connectivity index (χ3v) is 3.99. The third-order valence-electron chi connectivity index (χ3n) is 3.99. The minimum Gasteiger partial charge on any atom is -0.356 e. The third kappa shape index (κ3) is 4.48. The molecule has 3 heteroatoms. The SMILES string of the molecule is Cc1cc(CNC(C)C)cnc1N(C)C(C)C(C)(C)C. The zero-order valence-electron chi connectivity index (χ0n) is 14.4. The van der Waals surface area contributed by atoms with Gasteiger partial charge in [0.1, 0.15) is 5.82 Å². The van der Waals surface area contributed by atoms with Gasteiger partial charge >= 0.3 is 0 Å². The Kier molecular flexibility index (Phi) is 5.58. The van der Waals surface area contributed by atoms with E-state index >= 15 is 0 Å². The molecule has 0 saturated heterocycles. The van der Waals surface area contributed by atoms with Crippen molar-refractivity contribution in [3.05, 3.63) is 23.4 Å². The van der Waals surface area contributed by atoms with Crippen LogP contribution in [0.5, 0.6) is 0 Å². The van der Waals surface area contributed by atoms with Crippen molar-refractivity contribution in [2.24, 2.45) is 5.41 Å². The number of hydrogen-bond acceptors (Lipinski definition) is 3. The second kappa shape index (κ2) is 6.57. The van der Waals surface area contributed by atoms with Crippen LogP contribution >= 0.6 is 0 Å². The molecule has 3 nitrogen and oxygen atoms in total. The lowest BCUT2D eigenvalue weighted by molar-refractivity contribution is 0.328. The molecule has 0 fully saturated rings. The summed E-state index contributed by atoms with van der Waals surface area (Å²) in [7, 11) is 2.14. The van der Waals surface area contributed by atoms with E-state index in [1.807, 2.05) is 6.20 Å². The quantitative estimate of drug-likeness (QED) is 0.888. The van der Waals surface area contributed by atoms with Crippen molar-refractivity contribution in [2.45, 2.75) is 67.1 Å². The number of anilines is 1. The van der Waals surface area contributed by atoms with Crippen LogP contribution in [0, 0.1) is 12.3 Å². The molecule has 0 aliphatic carbocycles. The first-order valence-corrected chi connectivity index (χ1v) is 7.54. The molecule has 0 amide bonds. The molecule has 1 aromatic heterocycles. The highest BCUT2D eigenvalue weighted by Gasteiger charge is 2.25. The Morgan fingerprint density at radius 2 is 1.85 bits per heavy atom. The topological polar surface area (TPSA) is 28.2 Å². The van der Waals surface area contributed by atoms with Gasteiger partial charge in [-0.3, -0.25) is 0 Å². The molecule has 0 aliphatic heterocycles. The Hall–Kier alpha value is -1.09. The van der Waals surface area contributed by atoms with E-state index in [1.165, 1.54) is 11.1 Å². The van der Waals surface area contributed by atoms with E-state index < -0.39 is 0 Å². The summed E-state index contributed by atoms with van der Waals surface area (Å²) < 4.78 is 0. The average Bonchev–Trinajstić information content (AvgIpc) is 2.33. The molecule has 1 aromatic rings. The monoisotopic (exact) mass is 277 g/mol. The van der Waals surface area contributed by atoms with E-state index in [4.69, 9.17) is 0 Å². The van der Waals surface area contributed by atoms with Gasteiger partial charge in [-0.2, -0.15) is 0 Å². The molecule has 1 N–H and O–H groups in total. The number of aromatic nitrogens is 1. The molecule has 0 spiro atoms. The van der Waals surface area contributed by atoms with Crippen LogP contribution in [0.15, 0.2) is 12.3 Å². The molecular formula is C17H31N3. The fraction of sp³-hybridized carbons (Fsp3) is 0.706. The van der Waals surface area contributed by atoms with Crippen molar-refractivity contribution in [2.75, 3.05) is 11.9 Å². The van der Waals surface area contributed by atoms with Crippen LogP contribution < -0.4 is 10.2 Å². The zero-order valence-corrected chi connectivity index (χ0v) is 14.4. The maximum atomic E-state index is 4.68. The van der Waals surface area contributed by atoms with Gasteiger partial charge in [-0.25, -0.2) is 4.98 Å². The normalized spacial score (nSPS) is 13.7. The lowest BCUT2D eigenvalue weighted by atomic mass is 9.87. The van der Waals surface area contributed by atoms with Gasteiger partial charge in [0.05, 0.1) is 0 Å². The minimum atomic E-state index is 0.237. The first-order valence-electron chi connectivity index (χ1n) is 7.54. The Morgan fingerprint density at radius 3 is 2.30 bits per heavy atom. The molecule has 0 bridgehead atoms. The molecular weight excluding hydrogens is 246 g/mol. The summed E-state index contributed by atoms with van der Waals surface area (Å²) in [6, 6.07) is 3.18. The summed E-state index contributed by atoms with van der Waals surface area (Å²) in [5.74, 6) is 1.08. The molecule has 1 rings (SSSR count). The number of aryl methyl sites for hydroxylation is 1. The van der Waals surface area contributed by atoms with Crippen molar-refractivity contribution in [1.82, 2.24) is 10.3 Å². The number of pyridine rings is 1. The van der Waals surface area contributed by atoms with Crippen molar-refractivity contribution < 1.29 is 0 Å². The molecule has 0 aliphatic rings. The maximum Gasteiger partial charge on any atom is 0.131 e. The predicted molar refractivity (Wildman–Crippen MR) is 88.3 cm³/mol. The summed E-state index contributed by atoms with van der Waals surface area (Å²) >= 11 is 0. The number of rotatable bonds is 5. The van der Waals surface area contributed by atoms with E-state index in [9.17, 15) is 0 Å². The first-order chi connectivity index (χ1) is 9.12. The molecule has 0 radical (unpaired) electrons. The van der Waals surface area contributed by atoms with Crippen LogP contribution in [0.1, 0.15) is 52.7 Å². The molecule has 0 saturated carbocycles. The Morgan fingerprint density at radius 1 is 1.25 bits per heavy atom. The second-order valence-corrected chi connectivity index (χ2v) is 7.17. The number of nitrogens with one attached hydrogen (secondary N) is 1. The largest absolute Gasteiger partial charge is 0.356 e. The van der Waals surface area contributed by atoms with Crippen LogP contribution in [-0.2, 0) is 6.54 Å². The number of nitrogens with zero attached hydrogens (tertiary/aromatic N) is 2. The summed E-state index contributed by atoms with van der Waals surface area (Å²) in [6.45, 7) is 16.4. The smallest absolute Gasteiger partial charge is 0.131 e. The van der Waals surface area contributed by atoms with E-state index in [0.29, 0.717) is 12.1 Å². The van der Waals surface area contributed by atoms with Crippen molar-refractivity contribution in [3.8, 4) is 0 Å². The zero-order chi connectivity index (χ0) is 15.5. The van der Waals surface area contributed by atoms with E-state index in [2.05, 4.69) is 76.8 Å². The van der Waals surface area contributed by atoms with Gasteiger partial charge in [0.15, 0.2) is 0 Å². The highest BCUT2D eigenvalue weighted by atomic mass is 15.2. The fourth-order valence-corrected chi connectivity index (χ4v) is 2.18. The Balaban J connectivity index is 2.87. The Bertz CT molecular complexity index is 432. The summed E-state index contributed by atoms with van der Waals surface area (Å²) in [5.41, 5.74) is 2.73. The summed E-state index contributed by atoms with van der Waals surface area (Å²) in [6.07, 6.45) is 1.99. The van der Waals surface area contributed by atoms with Gasteiger partial charge in [0, 0.05) is 31.9 Å². The van der Waals surface area contributed by atoms with Crippen LogP contribution in [0.4, 0.5) is 5.82 Å². The van der Waals surface area contributed by atoms with Crippen molar-refractivity contribution in [1.29, 1.82) is 0 Å². The lowest BCUT2D eigenvalue weighted by Crippen LogP contribution is -2.40. The predicted octanol–water partition coefficient (Wildman–Crippen LogP) is 3.76. The number of hydrogen-bond donors (Lipinski definition) is 1. The molecule has 1 atom stereocenters. The molecule has 1 heterocycles. The summed E-state index contributed by atoms with van der Waals surface area (Å²) in [4.78, 5) is 6.96. The first kappa shape index (κ1) is 17.0. The van der Waals surface area contributed by atoms with Crippen molar-refractivity contribution in [3.63, 3.8) is 0 Å². The van der Waals surface area contributed by atoms with Crippen LogP contribution in [-0.4, -0.2) is 24.1 Å². The Labute approximate surface area is 124 Å². The van der Waals surface area contributed by atoms with Gasteiger partial charge in [0.2, 0.25) is 0 Å². The van der Waals surface area contributed by atoms with Crippen LogP contribution in [0.25, 0.3) is 0 Å². The van der Waals surface area contributed by atoms with E-state index in [-0.39, 0.29) is 5.41 Å². The summed E-state index contributed by atoms with van der Waals surface area (Å²) in [5, 5.41) is 3.43. The molecule has 0 aromatic carbocycles. The van der Waals surface area contributed by atoms with E-state index in [1.54, 1.807) is 0 Å². The fourth-order valence-electron chi connectivity index (χ4n) is 2.18. The standard InChI is InChI=1S/C17H31N3/c1-12(2)18-10-15-9-13(3)16(19-11-15)20(8)14(4)17(5,6)7/h9,11-12,14,18H,10H2,1-8H3. The van der Waals surface area contributed by atoms with Gasteiger partial charge in [-0.1, -0.05) is 34.6 Å². The van der Waals surface area contributed by atoms with Crippen LogP contribution in [0.3, 0.4) is 0 Å².